The minimum atomic E-state index is -4.86. The fourth-order valence-corrected chi connectivity index (χ4v) is 5.61. The third kappa shape index (κ3) is 4.33. The van der Waals surface area contributed by atoms with Crippen LogP contribution in [0.1, 0.15) is 68.1 Å². The predicted molar refractivity (Wildman–Crippen MR) is 113 cm³/mol. The molecule has 0 aliphatic heterocycles. The van der Waals surface area contributed by atoms with Crippen LogP contribution in [0, 0.1) is 29.3 Å². The molecule has 0 radical (unpaired) electrons. The third-order valence-electron chi connectivity index (χ3n) is 7.15. The third-order valence-corrected chi connectivity index (χ3v) is 7.15. The highest BCUT2D eigenvalue weighted by atomic mass is 19.4. The molecule has 0 spiro atoms. The molecule has 0 saturated heterocycles. The van der Waals surface area contributed by atoms with E-state index in [0.717, 1.165) is 44.6 Å². The van der Waals surface area contributed by atoms with Crippen molar-refractivity contribution in [3.8, 4) is 11.1 Å². The lowest BCUT2D eigenvalue weighted by Crippen LogP contribution is -2.29. The number of hydrogen-bond donors (Lipinski definition) is 0. The van der Waals surface area contributed by atoms with Gasteiger partial charge < -0.3 is 0 Å². The molecule has 4 rings (SSSR count). The summed E-state index contributed by atoms with van der Waals surface area (Å²) < 4.78 is 83.0. The van der Waals surface area contributed by atoms with Gasteiger partial charge >= 0.3 is 6.18 Å². The van der Waals surface area contributed by atoms with Crippen LogP contribution in [0.25, 0.3) is 11.1 Å². The SMILES string of the molecule is C/C=C/CCC1CCC2c3cc(F)c(-c4ccc(C(F)(F)F)c(F)c4)c(F)c3CCC2C1. The van der Waals surface area contributed by atoms with E-state index in [4.69, 9.17) is 0 Å². The minimum absolute atomic E-state index is 0.0964. The number of alkyl halides is 3. The van der Waals surface area contributed by atoms with Gasteiger partial charge in [-0.15, -0.1) is 0 Å². The second-order valence-electron chi connectivity index (χ2n) is 9.04. The quantitative estimate of drug-likeness (QED) is 0.322. The molecule has 1 fully saturated rings. The molecule has 1 saturated carbocycles. The molecule has 0 nitrogen and oxygen atoms in total. The molecule has 6 heteroatoms. The van der Waals surface area contributed by atoms with E-state index >= 15 is 8.78 Å². The molecule has 0 bridgehead atoms. The fourth-order valence-electron chi connectivity index (χ4n) is 5.61. The first kappa shape index (κ1) is 22.9. The molecule has 2 aromatic carbocycles. The monoisotopic (exact) mass is 452 g/mol. The lowest BCUT2D eigenvalue weighted by atomic mass is 9.64. The van der Waals surface area contributed by atoms with E-state index in [1.165, 1.54) is 6.07 Å². The first-order valence-corrected chi connectivity index (χ1v) is 11.2. The Balaban J connectivity index is 1.63. The Morgan fingerprint density at radius 3 is 2.47 bits per heavy atom. The summed E-state index contributed by atoms with van der Waals surface area (Å²) in [6, 6.07) is 3.37. The molecule has 2 aliphatic rings. The van der Waals surface area contributed by atoms with E-state index in [0.29, 0.717) is 41.5 Å². The number of hydrogen-bond acceptors (Lipinski definition) is 0. The fraction of sp³-hybridized carbons (Fsp3) is 0.462. The van der Waals surface area contributed by atoms with Crippen LogP contribution in [0.5, 0.6) is 0 Å². The largest absolute Gasteiger partial charge is 0.419 e. The van der Waals surface area contributed by atoms with Crippen molar-refractivity contribution >= 4 is 0 Å². The Bertz CT molecular complexity index is 1020. The lowest BCUT2D eigenvalue weighted by molar-refractivity contribution is -0.139. The highest BCUT2D eigenvalue weighted by molar-refractivity contribution is 5.68. The van der Waals surface area contributed by atoms with Crippen LogP contribution < -0.4 is 0 Å². The standard InChI is InChI=1S/C26H26F6/c1-2-3-4-5-15-6-9-18-16(12-15)7-10-19-20(18)14-23(28)24(25(19)29)17-8-11-21(22(27)13-17)26(30,31)32/h2-3,8,11,13-16,18H,4-7,9-10,12H2,1H3/b3-2+. The van der Waals surface area contributed by atoms with Crippen molar-refractivity contribution in [3.05, 3.63) is 70.6 Å². The van der Waals surface area contributed by atoms with Crippen LogP contribution in [0.4, 0.5) is 26.3 Å². The van der Waals surface area contributed by atoms with Gasteiger partial charge in [0.05, 0.1) is 11.1 Å². The maximum Gasteiger partial charge on any atom is 0.419 e. The van der Waals surface area contributed by atoms with Crippen LogP contribution >= 0.6 is 0 Å². The van der Waals surface area contributed by atoms with Crippen molar-refractivity contribution < 1.29 is 26.3 Å². The Morgan fingerprint density at radius 2 is 1.78 bits per heavy atom. The second kappa shape index (κ2) is 8.95. The molecule has 32 heavy (non-hydrogen) atoms. The highest BCUT2D eigenvalue weighted by Crippen LogP contribution is 2.49. The van der Waals surface area contributed by atoms with E-state index in [9.17, 15) is 17.6 Å². The zero-order chi connectivity index (χ0) is 23.0. The molecule has 0 N–H and O–H groups in total. The summed E-state index contributed by atoms with van der Waals surface area (Å²) in [5, 5.41) is 0. The van der Waals surface area contributed by atoms with Crippen LogP contribution in [-0.4, -0.2) is 0 Å². The molecule has 0 heterocycles. The van der Waals surface area contributed by atoms with Crippen molar-refractivity contribution in [1.29, 1.82) is 0 Å². The summed E-state index contributed by atoms with van der Waals surface area (Å²) in [6.07, 6.45) is 5.74. The number of fused-ring (bicyclic) bond motifs is 3. The summed E-state index contributed by atoms with van der Waals surface area (Å²) in [5.41, 5.74) is -1.01. The molecule has 0 amide bonds. The summed E-state index contributed by atoms with van der Waals surface area (Å²) in [4.78, 5) is 0. The van der Waals surface area contributed by atoms with Crippen molar-refractivity contribution in [2.75, 3.05) is 0 Å². The van der Waals surface area contributed by atoms with Gasteiger partial charge in [0.1, 0.15) is 17.5 Å². The zero-order valence-electron chi connectivity index (χ0n) is 17.9. The van der Waals surface area contributed by atoms with E-state index in [1.807, 2.05) is 13.0 Å². The van der Waals surface area contributed by atoms with Gasteiger partial charge in [-0.05, 0) is 105 Å². The molecule has 3 atom stereocenters. The molecule has 0 aromatic heterocycles. The Hall–Kier alpha value is -2.24. The average Bonchev–Trinajstić information content (AvgIpc) is 2.73. The first-order valence-electron chi connectivity index (χ1n) is 11.2. The average molecular weight is 452 g/mol. The van der Waals surface area contributed by atoms with Crippen LogP contribution in [0.2, 0.25) is 0 Å². The lowest BCUT2D eigenvalue weighted by Gasteiger charge is -2.41. The molecule has 2 aliphatic carbocycles. The minimum Gasteiger partial charge on any atom is -0.206 e. The van der Waals surface area contributed by atoms with E-state index in [-0.39, 0.29) is 11.5 Å². The van der Waals surface area contributed by atoms with Gasteiger partial charge in [0.15, 0.2) is 0 Å². The predicted octanol–water partition coefficient (Wildman–Crippen LogP) is 8.59. The second-order valence-corrected chi connectivity index (χ2v) is 9.04. The van der Waals surface area contributed by atoms with Crippen molar-refractivity contribution in [2.24, 2.45) is 11.8 Å². The van der Waals surface area contributed by atoms with Gasteiger partial charge in [0, 0.05) is 0 Å². The van der Waals surface area contributed by atoms with Crippen LogP contribution in [0.3, 0.4) is 0 Å². The number of rotatable bonds is 4. The van der Waals surface area contributed by atoms with Crippen molar-refractivity contribution in [1.82, 2.24) is 0 Å². The summed E-state index contributed by atoms with van der Waals surface area (Å²) in [5.74, 6) is -2.05. The maximum absolute atomic E-state index is 15.4. The highest BCUT2D eigenvalue weighted by Gasteiger charge is 2.38. The smallest absolute Gasteiger partial charge is 0.206 e. The molecular formula is C26H26F6. The maximum atomic E-state index is 15.4. The van der Waals surface area contributed by atoms with Crippen LogP contribution in [0.15, 0.2) is 36.4 Å². The van der Waals surface area contributed by atoms with Gasteiger partial charge in [0.2, 0.25) is 0 Å². The van der Waals surface area contributed by atoms with Gasteiger partial charge in [-0.3, -0.25) is 0 Å². The number of allylic oxidation sites excluding steroid dienone is 2. The Kier molecular flexibility index (Phi) is 6.42. The van der Waals surface area contributed by atoms with Gasteiger partial charge in [-0.2, -0.15) is 13.2 Å². The summed E-state index contributed by atoms with van der Waals surface area (Å²) in [7, 11) is 0. The summed E-state index contributed by atoms with van der Waals surface area (Å²) in [6.45, 7) is 2.01. The zero-order valence-corrected chi connectivity index (χ0v) is 17.9. The first-order chi connectivity index (χ1) is 15.2. The van der Waals surface area contributed by atoms with E-state index in [1.54, 1.807) is 0 Å². The van der Waals surface area contributed by atoms with Gasteiger partial charge in [-0.1, -0.05) is 18.2 Å². The van der Waals surface area contributed by atoms with Crippen molar-refractivity contribution in [3.63, 3.8) is 0 Å². The molecular weight excluding hydrogens is 426 g/mol. The van der Waals surface area contributed by atoms with Gasteiger partial charge in [0.25, 0.3) is 0 Å². The summed E-state index contributed by atoms with van der Waals surface area (Å²) >= 11 is 0. The van der Waals surface area contributed by atoms with E-state index < -0.39 is 34.8 Å². The van der Waals surface area contributed by atoms with E-state index in [2.05, 4.69) is 6.08 Å². The van der Waals surface area contributed by atoms with Gasteiger partial charge in [-0.25, -0.2) is 13.2 Å². The normalized spacial score (nSPS) is 23.3. The molecule has 172 valence electrons. The van der Waals surface area contributed by atoms with Crippen molar-refractivity contribution in [2.45, 2.75) is 64.0 Å². The topological polar surface area (TPSA) is 0 Å². The van der Waals surface area contributed by atoms with Crippen LogP contribution in [-0.2, 0) is 12.6 Å². The Labute approximate surface area is 184 Å². The number of benzene rings is 2. The Morgan fingerprint density at radius 1 is 1.00 bits per heavy atom. The molecule has 3 unspecified atom stereocenters. The number of halogens is 6. The molecule has 2 aromatic rings.